The Morgan fingerprint density at radius 3 is 0.691 bits per heavy atom. The molecular weight excluding hydrogens is 1430 g/mol. The summed E-state index contributed by atoms with van der Waals surface area (Å²) in [6, 6.07) is 0. The summed E-state index contributed by atoms with van der Waals surface area (Å²) in [5.41, 5.74) is 0. The van der Waals surface area contributed by atoms with E-state index in [9.17, 15) is 43.2 Å². The number of aliphatic hydroxyl groups is 1. The maximum Gasteiger partial charge on any atom is 0.472 e. The van der Waals surface area contributed by atoms with Gasteiger partial charge in [0.2, 0.25) is 0 Å². The lowest BCUT2D eigenvalue weighted by molar-refractivity contribution is -0.161. The van der Waals surface area contributed by atoms with Crippen LogP contribution in [0.3, 0.4) is 0 Å². The molecule has 0 aromatic rings. The molecule has 0 saturated heterocycles. The molecule has 0 spiro atoms. The van der Waals surface area contributed by atoms with Crippen molar-refractivity contribution in [3.8, 4) is 0 Å². The second kappa shape index (κ2) is 80.8. The summed E-state index contributed by atoms with van der Waals surface area (Å²) in [6.07, 6.45) is 74.0. The minimum atomic E-state index is -4.97. The van der Waals surface area contributed by atoms with Crippen LogP contribution in [0.25, 0.3) is 0 Å². The fraction of sp³-hybridized carbons (Fsp3) is 0.956. The van der Waals surface area contributed by atoms with Crippen molar-refractivity contribution in [2.24, 2.45) is 17.8 Å². The molecule has 19 heteroatoms. The Morgan fingerprint density at radius 1 is 0.264 bits per heavy atom. The molecule has 0 saturated carbocycles. The Balaban J connectivity index is 5.19. The van der Waals surface area contributed by atoms with E-state index < -0.39 is 97.5 Å². The lowest BCUT2D eigenvalue weighted by atomic mass is 9.99. The fourth-order valence-electron chi connectivity index (χ4n) is 14.2. The molecule has 0 aliphatic heterocycles. The summed E-state index contributed by atoms with van der Waals surface area (Å²) in [5, 5.41) is 10.7. The molecule has 0 amide bonds. The molecule has 3 N–H and O–H groups in total. The Labute approximate surface area is 677 Å². The van der Waals surface area contributed by atoms with Crippen LogP contribution in [-0.2, 0) is 65.4 Å². The van der Waals surface area contributed by atoms with E-state index >= 15 is 0 Å². The monoisotopic (exact) mass is 1610 g/mol. The predicted molar refractivity (Wildman–Crippen MR) is 455 cm³/mol. The summed E-state index contributed by atoms with van der Waals surface area (Å²) in [6.45, 7) is 12.0. The number of phosphoric ester groups is 2. The number of carbonyl (C=O) groups is 4. The van der Waals surface area contributed by atoms with Gasteiger partial charge in [-0.25, -0.2) is 9.13 Å². The summed E-state index contributed by atoms with van der Waals surface area (Å²) >= 11 is 0. The van der Waals surface area contributed by atoms with Crippen LogP contribution in [0.15, 0.2) is 0 Å². The van der Waals surface area contributed by atoms with Gasteiger partial charge in [0.05, 0.1) is 26.4 Å². The molecular formula is C91H178O17P2. The number of ether oxygens (including phenoxy) is 4. The van der Waals surface area contributed by atoms with E-state index in [0.717, 1.165) is 108 Å². The zero-order valence-electron chi connectivity index (χ0n) is 72.7. The van der Waals surface area contributed by atoms with Gasteiger partial charge in [-0.1, -0.05) is 434 Å². The van der Waals surface area contributed by atoms with Crippen LogP contribution in [0.1, 0.15) is 485 Å². The average molecular weight is 1610 g/mol. The Morgan fingerprint density at radius 2 is 0.464 bits per heavy atom. The molecule has 17 nitrogen and oxygen atoms in total. The number of esters is 4. The first-order valence-corrected chi connectivity index (χ1v) is 49.9. The number of rotatable bonds is 89. The third-order valence-corrected chi connectivity index (χ3v) is 23.6. The molecule has 3 unspecified atom stereocenters. The quantitative estimate of drug-likeness (QED) is 0.0222. The second-order valence-electron chi connectivity index (χ2n) is 33.9. The lowest BCUT2D eigenvalue weighted by Crippen LogP contribution is -2.30. The first-order chi connectivity index (χ1) is 53.3. The Hall–Kier alpha value is -1.94. The summed E-state index contributed by atoms with van der Waals surface area (Å²) in [4.78, 5) is 73.3. The number of phosphoric acid groups is 2. The molecule has 0 heterocycles. The van der Waals surface area contributed by atoms with Crippen molar-refractivity contribution in [1.82, 2.24) is 0 Å². The van der Waals surface area contributed by atoms with Crippen molar-refractivity contribution >= 4 is 39.5 Å². The molecule has 0 radical (unpaired) electrons. The van der Waals surface area contributed by atoms with Crippen molar-refractivity contribution in [2.75, 3.05) is 39.6 Å². The van der Waals surface area contributed by atoms with Gasteiger partial charge in [0.25, 0.3) is 0 Å². The van der Waals surface area contributed by atoms with Crippen molar-refractivity contribution in [3.05, 3.63) is 0 Å². The molecule has 0 rings (SSSR count). The molecule has 0 aromatic carbocycles. The summed E-state index contributed by atoms with van der Waals surface area (Å²) < 4.78 is 69.0. The van der Waals surface area contributed by atoms with Crippen LogP contribution in [-0.4, -0.2) is 96.7 Å². The predicted octanol–water partition coefficient (Wildman–Crippen LogP) is 28.0. The van der Waals surface area contributed by atoms with Crippen LogP contribution in [0, 0.1) is 17.8 Å². The van der Waals surface area contributed by atoms with Gasteiger partial charge in [-0.15, -0.1) is 0 Å². The number of hydrogen-bond donors (Lipinski definition) is 3. The first kappa shape index (κ1) is 108. The van der Waals surface area contributed by atoms with Crippen LogP contribution in [0.2, 0.25) is 0 Å². The van der Waals surface area contributed by atoms with Crippen molar-refractivity contribution < 1.29 is 80.2 Å². The van der Waals surface area contributed by atoms with E-state index in [1.807, 2.05) is 0 Å². The van der Waals surface area contributed by atoms with E-state index in [-0.39, 0.29) is 25.7 Å². The highest BCUT2D eigenvalue weighted by atomic mass is 31.2. The third kappa shape index (κ3) is 82.6. The summed E-state index contributed by atoms with van der Waals surface area (Å²) in [7, 11) is -9.93. The van der Waals surface area contributed by atoms with E-state index in [0.29, 0.717) is 31.6 Å². The van der Waals surface area contributed by atoms with E-state index in [2.05, 4.69) is 48.5 Å². The maximum absolute atomic E-state index is 13.2. The zero-order chi connectivity index (χ0) is 80.8. The van der Waals surface area contributed by atoms with Crippen LogP contribution < -0.4 is 0 Å². The Kier molecular flexibility index (Phi) is 79.4. The zero-order valence-corrected chi connectivity index (χ0v) is 74.5. The highest BCUT2D eigenvalue weighted by molar-refractivity contribution is 7.47. The van der Waals surface area contributed by atoms with Gasteiger partial charge in [-0.05, 0) is 43.4 Å². The standard InChI is InChI=1S/C91H178O17P2/c1-8-10-11-12-13-14-15-16-17-18-19-20-21-22-26-29-35-40-45-50-58-65-72-88(93)101-78-86(107-90(95)74-67-60-51-46-41-36-30-27-24-23-25-28-34-39-44-49-57-64-71-84(7)9-2)80-105-109(97,98)103-76-85(92)77-104-110(99,100)106-81-87(79-102-89(94)73-66-59-54-53-56-63-70-83(5)6)108-91(96)75-68-61-52-47-42-37-32-31-33-38-43-48-55-62-69-82(3)4/h82-87,92H,8-81H2,1-7H3,(H,97,98)(H,99,100)/t84?,85-,86-,87-/m1/s1. The van der Waals surface area contributed by atoms with E-state index in [1.54, 1.807) is 0 Å². The fourth-order valence-corrected chi connectivity index (χ4v) is 15.8. The van der Waals surface area contributed by atoms with Crippen LogP contribution >= 0.6 is 15.6 Å². The van der Waals surface area contributed by atoms with Crippen molar-refractivity contribution in [2.45, 2.75) is 503 Å². The highest BCUT2D eigenvalue weighted by Crippen LogP contribution is 2.45. The molecule has 0 fully saturated rings. The van der Waals surface area contributed by atoms with Gasteiger partial charge in [0.1, 0.15) is 19.3 Å². The largest absolute Gasteiger partial charge is 0.472 e. The van der Waals surface area contributed by atoms with Crippen molar-refractivity contribution in [3.63, 3.8) is 0 Å². The molecule has 110 heavy (non-hydrogen) atoms. The minimum Gasteiger partial charge on any atom is -0.462 e. The van der Waals surface area contributed by atoms with E-state index in [4.69, 9.17) is 37.0 Å². The number of hydrogen-bond acceptors (Lipinski definition) is 15. The topological polar surface area (TPSA) is 237 Å². The third-order valence-electron chi connectivity index (χ3n) is 21.7. The molecule has 654 valence electrons. The second-order valence-corrected chi connectivity index (χ2v) is 36.8. The van der Waals surface area contributed by atoms with Gasteiger partial charge < -0.3 is 33.8 Å². The molecule has 0 aliphatic carbocycles. The number of carbonyl (C=O) groups excluding carboxylic acids is 4. The molecule has 6 atom stereocenters. The van der Waals surface area contributed by atoms with Gasteiger partial charge in [0.15, 0.2) is 12.2 Å². The van der Waals surface area contributed by atoms with Gasteiger partial charge in [-0.3, -0.25) is 37.3 Å². The van der Waals surface area contributed by atoms with Gasteiger partial charge in [0, 0.05) is 25.7 Å². The molecule has 0 aliphatic rings. The normalized spacial score (nSPS) is 14.0. The Bertz CT molecular complexity index is 2120. The minimum absolute atomic E-state index is 0.107. The molecule has 0 bridgehead atoms. The highest BCUT2D eigenvalue weighted by Gasteiger charge is 2.31. The van der Waals surface area contributed by atoms with Crippen LogP contribution in [0.5, 0.6) is 0 Å². The smallest absolute Gasteiger partial charge is 0.462 e. The maximum atomic E-state index is 13.2. The SMILES string of the molecule is CCCCCCCCCCCCCCCCCCCCCCCCC(=O)OC[C@H](COP(=O)(O)OC[C@@H](O)COP(=O)(O)OC[C@@H](COC(=O)CCCCCCCCC(C)C)OC(=O)CCCCCCCCCCCCCCCCC(C)C)OC(=O)CCCCCCCCCCCCCCCCCCCCC(C)CC. The average Bonchev–Trinajstić information content (AvgIpc) is 0.898. The number of aliphatic hydroxyl groups excluding tert-OH is 1. The van der Waals surface area contributed by atoms with Crippen LogP contribution in [0.4, 0.5) is 0 Å². The summed E-state index contributed by atoms with van der Waals surface area (Å²) in [5.74, 6) is 0.242. The molecule has 0 aromatic heterocycles. The number of unbranched alkanes of at least 4 members (excludes halogenated alkanes) is 56. The lowest BCUT2D eigenvalue weighted by Gasteiger charge is -2.21. The van der Waals surface area contributed by atoms with Gasteiger partial charge in [-0.2, -0.15) is 0 Å². The van der Waals surface area contributed by atoms with Crippen molar-refractivity contribution in [1.29, 1.82) is 0 Å². The van der Waals surface area contributed by atoms with E-state index in [1.165, 1.54) is 289 Å². The first-order valence-electron chi connectivity index (χ1n) is 46.9. The van der Waals surface area contributed by atoms with Gasteiger partial charge >= 0.3 is 39.5 Å².